The van der Waals surface area contributed by atoms with Crippen LogP contribution in [0.2, 0.25) is 0 Å². The van der Waals surface area contributed by atoms with Crippen LogP contribution in [0.15, 0.2) is 22.7 Å². The van der Waals surface area contributed by atoms with Gasteiger partial charge in [-0.25, -0.2) is 0 Å². The molecule has 1 N–H and O–H groups in total. The van der Waals surface area contributed by atoms with Crippen molar-refractivity contribution < 1.29 is 4.74 Å². The van der Waals surface area contributed by atoms with E-state index in [9.17, 15) is 0 Å². The molecule has 0 saturated heterocycles. The molecule has 120 valence electrons. The van der Waals surface area contributed by atoms with E-state index in [-0.39, 0.29) is 5.54 Å². The van der Waals surface area contributed by atoms with Crippen molar-refractivity contribution in [2.75, 3.05) is 25.2 Å². The van der Waals surface area contributed by atoms with Crippen LogP contribution < -0.4 is 10.2 Å². The molecule has 0 heterocycles. The summed E-state index contributed by atoms with van der Waals surface area (Å²) < 4.78 is 6.42. The number of halogens is 1. The van der Waals surface area contributed by atoms with Gasteiger partial charge >= 0.3 is 0 Å². The van der Waals surface area contributed by atoms with E-state index in [0.29, 0.717) is 6.04 Å². The topological polar surface area (TPSA) is 24.5 Å². The second kappa shape index (κ2) is 8.16. The van der Waals surface area contributed by atoms with Crippen LogP contribution in [-0.2, 0) is 11.3 Å². The third kappa shape index (κ3) is 5.97. The maximum atomic E-state index is 5.28. The van der Waals surface area contributed by atoms with Gasteiger partial charge in [-0.05, 0) is 68.2 Å². The highest BCUT2D eigenvalue weighted by Gasteiger charge is 2.16. The molecule has 0 aromatic heterocycles. The van der Waals surface area contributed by atoms with Crippen LogP contribution >= 0.6 is 15.9 Å². The van der Waals surface area contributed by atoms with Gasteiger partial charge in [0, 0.05) is 36.3 Å². The summed E-state index contributed by atoms with van der Waals surface area (Å²) in [6.07, 6.45) is 0. The molecule has 0 aliphatic heterocycles. The first-order valence-corrected chi connectivity index (χ1v) is 8.36. The molecule has 0 spiro atoms. The molecule has 1 aromatic rings. The molecule has 0 radical (unpaired) electrons. The Bertz CT molecular complexity index is 443. The Kier molecular flexibility index (Phi) is 7.17. The second-order valence-electron chi connectivity index (χ2n) is 6.48. The third-order valence-corrected chi connectivity index (χ3v) is 4.06. The van der Waals surface area contributed by atoms with Gasteiger partial charge in [-0.15, -0.1) is 0 Å². The Morgan fingerprint density at radius 3 is 2.48 bits per heavy atom. The summed E-state index contributed by atoms with van der Waals surface area (Å²) in [5, 5.41) is 3.52. The number of nitrogens with one attached hydrogen (secondary N) is 1. The lowest BCUT2D eigenvalue weighted by molar-refractivity contribution is 0.182. The molecule has 0 aliphatic carbocycles. The average molecular weight is 357 g/mol. The van der Waals surface area contributed by atoms with Crippen molar-refractivity contribution in [2.45, 2.75) is 52.7 Å². The molecule has 0 aliphatic rings. The zero-order valence-corrected chi connectivity index (χ0v) is 15.8. The number of hydrogen-bond donors (Lipinski definition) is 1. The normalized spacial score (nSPS) is 13.3. The van der Waals surface area contributed by atoms with Gasteiger partial charge in [0.2, 0.25) is 0 Å². The van der Waals surface area contributed by atoms with Gasteiger partial charge < -0.3 is 15.0 Å². The van der Waals surface area contributed by atoms with Gasteiger partial charge in [-0.2, -0.15) is 0 Å². The van der Waals surface area contributed by atoms with E-state index in [1.807, 2.05) is 0 Å². The predicted molar refractivity (Wildman–Crippen MR) is 95.1 cm³/mol. The summed E-state index contributed by atoms with van der Waals surface area (Å²) in [6.45, 7) is 13.5. The molecule has 0 bridgehead atoms. The van der Waals surface area contributed by atoms with Crippen LogP contribution in [-0.4, -0.2) is 31.8 Å². The number of likely N-dealkylation sites (N-methyl/N-ethyl adjacent to an activating group) is 1. The van der Waals surface area contributed by atoms with E-state index in [4.69, 9.17) is 4.74 Å². The summed E-state index contributed by atoms with van der Waals surface area (Å²) in [5.41, 5.74) is 2.64. The maximum absolute atomic E-state index is 5.28. The zero-order valence-electron chi connectivity index (χ0n) is 14.2. The van der Waals surface area contributed by atoms with E-state index in [1.54, 1.807) is 7.11 Å². The molecule has 1 aromatic carbocycles. The smallest absolute Gasteiger partial charge is 0.0663 e. The van der Waals surface area contributed by atoms with Crippen LogP contribution in [0.25, 0.3) is 0 Å². The van der Waals surface area contributed by atoms with Gasteiger partial charge in [-0.3, -0.25) is 0 Å². The number of anilines is 1. The number of hydrogen-bond acceptors (Lipinski definition) is 3. The first-order valence-electron chi connectivity index (χ1n) is 7.57. The van der Waals surface area contributed by atoms with Crippen molar-refractivity contribution in [1.29, 1.82) is 0 Å². The lowest BCUT2D eigenvalue weighted by Crippen LogP contribution is -2.36. The fourth-order valence-corrected chi connectivity index (χ4v) is 2.97. The minimum atomic E-state index is 0.133. The Balaban J connectivity index is 2.85. The molecular weight excluding hydrogens is 328 g/mol. The monoisotopic (exact) mass is 356 g/mol. The van der Waals surface area contributed by atoms with Crippen LogP contribution in [0.4, 0.5) is 5.69 Å². The molecule has 0 saturated carbocycles. The first-order chi connectivity index (χ1) is 9.78. The fraction of sp³-hybridized carbons (Fsp3) is 0.647. The highest BCUT2D eigenvalue weighted by atomic mass is 79.9. The number of benzene rings is 1. The number of rotatable bonds is 7. The van der Waals surface area contributed by atoms with Crippen molar-refractivity contribution in [3.8, 4) is 0 Å². The summed E-state index contributed by atoms with van der Waals surface area (Å²) >= 11 is 3.72. The molecular formula is C17H29BrN2O. The lowest BCUT2D eigenvalue weighted by atomic mass is 10.1. The number of methoxy groups -OCH3 is 1. The van der Waals surface area contributed by atoms with Crippen LogP contribution in [0.3, 0.4) is 0 Å². The highest BCUT2D eigenvalue weighted by Crippen LogP contribution is 2.29. The second-order valence-corrected chi connectivity index (χ2v) is 7.33. The number of ether oxygens (including phenoxy) is 1. The molecule has 1 unspecified atom stereocenters. The summed E-state index contributed by atoms with van der Waals surface area (Å²) in [7, 11) is 1.75. The minimum absolute atomic E-state index is 0.133. The maximum Gasteiger partial charge on any atom is 0.0663 e. The molecule has 0 amide bonds. The van der Waals surface area contributed by atoms with Gasteiger partial charge in [0.05, 0.1) is 12.3 Å². The van der Waals surface area contributed by atoms with E-state index >= 15 is 0 Å². The standard InChI is InChI=1S/C17H29BrN2O/c1-7-20(13(2)12-21-6)16-9-8-14(10-15(16)18)11-19-17(3,4)5/h8-10,13,19H,7,11-12H2,1-6H3. The van der Waals surface area contributed by atoms with E-state index in [1.165, 1.54) is 11.3 Å². The van der Waals surface area contributed by atoms with Gasteiger partial charge in [0.25, 0.3) is 0 Å². The fourth-order valence-electron chi connectivity index (χ4n) is 2.31. The van der Waals surface area contributed by atoms with Crippen LogP contribution in [0.1, 0.15) is 40.2 Å². The molecule has 21 heavy (non-hydrogen) atoms. The Morgan fingerprint density at radius 2 is 2.00 bits per heavy atom. The quantitative estimate of drug-likeness (QED) is 0.792. The largest absolute Gasteiger partial charge is 0.383 e. The predicted octanol–water partition coefficient (Wildman–Crippen LogP) is 4.20. The van der Waals surface area contributed by atoms with E-state index < -0.39 is 0 Å². The van der Waals surface area contributed by atoms with Crippen molar-refractivity contribution in [1.82, 2.24) is 5.32 Å². The summed E-state index contributed by atoms with van der Waals surface area (Å²) in [6, 6.07) is 6.95. The molecule has 3 nitrogen and oxygen atoms in total. The minimum Gasteiger partial charge on any atom is -0.383 e. The molecule has 1 atom stereocenters. The van der Waals surface area contributed by atoms with Crippen molar-refractivity contribution >= 4 is 21.6 Å². The first kappa shape index (κ1) is 18.5. The van der Waals surface area contributed by atoms with Crippen molar-refractivity contribution in [3.63, 3.8) is 0 Å². The molecule has 1 rings (SSSR count). The Morgan fingerprint density at radius 1 is 1.33 bits per heavy atom. The van der Waals surface area contributed by atoms with Crippen LogP contribution in [0, 0.1) is 0 Å². The van der Waals surface area contributed by atoms with Gasteiger partial charge in [-0.1, -0.05) is 6.07 Å². The summed E-state index contributed by atoms with van der Waals surface area (Å²) in [4.78, 5) is 2.36. The van der Waals surface area contributed by atoms with Crippen molar-refractivity contribution in [3.05, 3.63) is 28.2 Å². The molecule has 0 fully saturated rings. The zero-order chi connectivity index (χ0) is 16.0. The van der Waals surface area contributed by atoms with Gasteiger partial charge in [0.1, 0.15) is 0 Å². The Hall–Kier alpha value is -0.580. The lowest BCUT2D eigenvalue weighted by Gasteiger charge is -2.31. The van der Waals surface area contributed by atoms with Crippen LogP contribution in [0.5, 0.6) is 0 Å². The summed E-state index contributed by atoms with van der Waals surface area (Å²) in [5.74, 6) is 0. The average Bonchev–Trinajstić information content (AvgIpc) is 2.39. The number of nitrogens with zero attached hydrogens (tertiary/aromatic N) is 1. The van der Waals surface area contributed by atoms with Gasteiger partial charge in [0.15, 0.2) is 0 Å². The van der Waals surface area contributed by atoms with E-state index in [2.05, 4.69) is 79.0 Å². The third-order valence-electron chi connectivity index (χ3n) is 3.42. The molecule has 4 heteroatoms. The SMILES string of the molecule is CCN(c1ccc(CNC(C)(C)C)cc1Br)C(C)COC. The van der Waals surface area contributed by atoms with Crippen molar-refractivity contribution in [2.24, 2.45) is 0 Å². The Labute approximate surface area is 138 Å². The van der Waals surface area contributed by atoms with E-state index in [0.717, 1.165) is 24.2 Å². The highest BCUT2D eigenvalue weighted by molar-refractivity contribution is 9.10.